The zero-order chi connectivity index (χ0) is 13.2. The smallest absolute Gasteiger partial charge is 0.132 e. The predicted octanol–water partition coefficient (Wildman–Crippen LogP) is 2.86. The average Bonchev–Trinajstić information content (AvgIpc) is 2.46. The second-order valence-electron chi connectivity index (χ2n) is 5.40. The van der Waals surface area contributed by atoms with E-state index < -0.39 is 0 Å². The summed E-state index contributed by atoms with van der Waals surface area (Å²) in [7, 11) is 0. The quantitative estimate of drug-likeness (QED) is 0.897. The van der Waals surface area contributed by atoms with Crippen LogP contribution in [0.15, 0.2) is 30.3 Å². The zero-order valence-corrected chi connectivity index (χ0v) is 11.5. The van der Waals surface area contributed by atoms with Crippen molar-refractivity contribution in [2.75, 3.05) is 18.0 Å². The first-order valence-electron chi connectivity index (χ1n) is 7.12. The van der Waals surface area contributed by atoms with Crippen molar-refractivity contribution in [3.63, 3.8) is 0 Å². The summed E-state index contributed by atoms with van der Waals surface area (Å²) >= 11 is 0. The largest absolute Gasteiger partial charge is 0.352 e. The van der Waals surface area contributed by atoms with E-state index in [0.29, 0.717) is 12.6 Å². The Hall–Kier alpha value is -1.61. The normalized spacial score (nSPS) is 19.9. The van der Waals surface area contributed by atoms with Crippen LogP contribution in [0.5, 0.6) is 0 Å². The van der Waals surface area contributed by atoms with Crippen molar-refractivity contribution in [3.8, 4) is 0 Å². The summed E-state index contributed by atoms with van der Waals surface area (Å²) in [5.41, 5.74) is 8.25. The van der Waals surface area contributed by atoms with Gasteiger partial charge in [0.1, 0.15) is 5.82 Å². The van der Waals surface area contributed by atoms with Crippen LogP contribution in [0.4, 0.5) is 5.82 Å². The average molecular weight is 255 g/mol. The van der Waals surface area contributed by atoms with E-state index in [4.69, 9.17) is 10.7 Å². The fraction of sp³-hybridized carbons (Fsp3) is 0.438. The molecule has 2 heterocycles. The molecular weight excluding hydrogens is 234 g/mol. The van der Waals surface area contributed by atoms with Crippen LogP contribution in [0.1, 0.15) is 24.8 Å². The number of pyridine rings is 1. The number of piperidine rings is 1. The van der Waals surface area contributed by atoms with Gasteiger partial charge in [0, 0.05) is 24.5 Å². The highest BCUT2D eigenvalue weighted by molar-refractivity contribution is 5.81. The lowest BCUT2D eigenvalue weighted by Crippen LogP contribution is -2.44. The van der Waals surface area contributed by atoms with Crippen molar-refractivity contribution >= 4 is 16.7 Å². The number of fused-ring (bicyclic) bond motifs is 1. The Kier molecular flexibility index (Phi) is 3.38. The summed E-state index contributed by atoms with van der Waals surface area (Å²) in [4.78, 5) is 7.28. The molecule has 1 unspecified atom stereocenters. The molecule has 0 amide bonds. The molecular formula is C16H21N3. The molecule has 100 valence electrons. The SMILES string of the molecule is Cc1cc2ccccc2nc1N1CCCCC1CN. The highest BCUT2D eigenvalue weighted by Crippen LogP contribution is 2.28. The fourth-order valence-corrected chi connectivity index (χ4v) is 3.03. The van der Waals surface area contributed by atoms with Gasteiger partial charge >= 0.3 is 0 Å². The Labute approximate surface area is 114 Å². The number of nitrogens with two attached hydrogens (primary N) is 1. The standard InChI is InChI=1S/C16H21N3/c1-12-10-13-6-2-3-8-15(13)18-16(12)19-9-5-4-7-14(19)11-17/h2-3,6,8,10,14H,4-5,7,9,11,17H2,1H3. The molecule has 1 aliphatic heterocycles. The molecule has 1 atom stereocenters. The summed E-state index contributed by atoms with van der Waals surface area (Å²) in [5.74, 6) is 1.12. The molecule has 1 saturated heterocycles. The van der Waals surface area contributed by atoms with Gasteiger partial charge in [-0.1, -0.05) is 18.2 Å². The van der Waals surface area contributed by atoms with Crippen LogP contribution in [-0.4, -0.2) is 24.1 Å². The van der Waals surface area contributed by atoms with Crippen molar-refractivity contribution in [1.82, 2.24) is 4.98 Å². The third-order valence-electron chi connectivity index (χ3n) is 4.06. The van der Waals surface area contributed by atoms with Crippen LogP contribution in [0, 0.1) is 6.92 Å². The maximum absolute atomic E-state index is 5.92. The molecule has 0 saturated carbocycles. The van der Waals surface area contributed by atoms with Gasteiger partial charge in [0.2, 0.25) is 0 Å². The lowest BCUT2D eigenvalue weighted by atomic mass is 10.0. The van der Waals surface area contributed by atoms with Gasteiger partial charge in [-0.15, -0.1) is 0 Å². The minimum atomic E-state index is 0.445. The lowest BCUT2D eigenvalue weighted by Gasteiger charge is -2.37. The molecule has 1 aromatic carbocycles. The molecule has 3 rings (SSSR count). The predicted molar refractivity (Wildman–Crippen MR) is 80.5 cm³/mol. The first kappa shape index (κ1) is 12.4. The van der Waals surface area contributed by atoms with Gasteiger partial charge in [0.25, 0.3) is 0 Å². The Morgan fingerprint density at radius 1 is 1.32 bits per heavy atom. The summed E-state index contributed by atoms with van der Waals surface area (Å²) in [5, 5.41) is 1.21. The number of aromatic nitrogens is 1. The van der Waals surface area contributed by atoms with E-state index in [-0.39, 0.29) is 0 Å². The minimum Gasteiger partial charge on any atom is -0.352 e. The van der Waals surface area contributed by atoms with Crippen LogP contribution in [0.2, 0.25) is 0 Å². The van der Waals surface area contributed by atoms with Crippen LogP contribution in [-0.2, 0) is 0 Å². The molecule has 19 heavy (non-hydrogen) atoms. The van der Waals surface area contributed by atoms with Gasteiger partial charge in [-0.2, -0.15) is 0 Å². The van der Waals surface area contributed by atoms with Crippen molar-refractivity contribution in [1.29, 1.82) is 0 Å². The summed E-state index contributed by atoms with van der Waals surface area (Å²) in [6.45, 7) is 3.94. The Balaban J connectivity index is 2.05. The molecule has 2 aromatic rings. The van der Waals surface area contributed by atoms with Crippen molar-refractivity contribution < 1.29 is 0 Å². The lowest BCUT2D eigenvalue weighted by molar-refractivity contribution is 0.462. The maximum atomic E-state index is 5.92. The Bertz CT molecular complexity index is 579. The van der Waals surface area contributed by atoms with Crippen molar-refractivity contribution in [2.24, 2.45) is 5.73 Å². The van der Waals surface area contributed by atoms with Gasteiger partial charge in [-0.25, -0.2) is 4.98 Å². The number of aryl methyl sites for hydroxylation is 1. The molecule has 0 radical (unpaired) electrons. The van der Waals surface area contributed by atoms with E-state index in [1.165, 1.54) is 30.2 Å². The number of nitrogens with zero attached hydrogens (tertiary/aromatic N) is 2. The Morgan fingerprint density at radius 3 is 3.00 bits per heavy atom. The third-order valence-corrected chi connectivity index (χ3v) is 4.06. The molecule has 2 N–H and O–H groups in total. The van der Waals surface area contributed by atoms with E-state index in [1.807, 2.05) is 6.07 Å². The number of rotatable bonds is 2. The zero-order valence-electron chi connectivity index (χ0n) is 11.5. The minimum absolute atomic E-state index is 0.445. The maximum Gasteiger partial charge on any atom is 0.132 e. The van der Waals surface area contributed by atoms with Crippen LogP contribution < -0.4 is 10.6 Å². The van der Waals surface area contributed by atoms with Crippen LogP contribution in [0.25, 0.3) is 10.9 Å². The van der Waals surface area contributed by atoms with E-state index in [0.717, 1.165) is 17.9 Å². The fourth-order valence-electron chi connectivity index (χ4n) is 3.03. The van der Waals surface area contributed by atoms with Crippen LogP contribution >= 0.6 is 0 Å². The second kappa shape index (κ2) is 5.17. The molecule has 1 aliphatic rings. The molecule has 1 aromatic heterocycles. The van der Waals surface area contributed by atoms with Crippen molar-refractivity contribution in [3.05, 3.63) is 35.9 Å². The van der Waals surface area contributed by atoms with Gasteiger partial charge < -0.3 is 10.6 Å². The number of anilines is 1. The third kappa shape index (κ3) is 2.30. The van der Waals surface area contributed by atoms with Gasteiger partial charge in [-0.05, 0) is 43.9 Å². The van der Waals surface area contributed by atoms with E-state index in [2.05, 4.69) is 36.1 Å². The van der Waals surface area contributed by atoms with Crippen LogP contribution in [0.3, 0.4) is 0 Å². The number of hydrogen-bond acceptors (Lipinski definition) is 3. The molecule has 0 aliphatic carbocycles. The van der Waals surface area contributed by atoms with Gasteiger partial charge in [0.15, 0.2) is 0 Å². The number of para-hydroxylation sites is 1. The molecule has 3 heteroatoms. The number of hydrogen-bond donors (Lipinski definition) is 1. The van der Waals surface area contributed by atoms with E-state index in [1.54, 1.807) is 0 Å². The number of benzene rings is 1. The molecule has 1 fully saturated rings. The summed E-state index contributed by atoms with van der Waals surface area (Å²) < 4.78 is 0. The highest BCUT2D eigenvalue weighted by atomic mass is 15.2. The molecule has 0 spiro atoms. The second-order valence-corrected chi connectivity index (χ2v) is 5.40. The Morgan fingerprint density at radius 2 is 2.16 bits per heavy atom. The van der Waals surface area contributed by atoms with Gasteiger partial charge in [-0.3, -0.25) is 0 Å². The van der Waals surface area contributed by atoms with Crippen molar-refractivity contribution in [2.45, 2.75) is 32.2 Å². The van der Waals surface area contributed by atoms with Gasteiger partial charge in [0.05, 0.1) is 5.52 Å². The summed E-state index contributed by atoms with van der Waals surface area (Å²) in [6, 6.07) is 11.0. The summed E-state index contributed by atoms with van der Waals surface area (Å²) in [6.07, 6.45) is 3.71. The topological polar surface area (TPSA) is 42.2 Å². The first-order chi connectivity index (χ1) is 9.29. The van der Waals surface area contributed by atoms with E-state index >= 15 is 0 Å². The first-order valence-corrected chi connectivity index (χ1v) is 7.12. The molecule has 3 nitrogen and oxygen atoms in total. The molecule has 0 bridgehead atoms. The monoisotopic (exact) mass is 255 g/mol. The van der Waals surface area contributed by atoms with E-state index in [9.17, 15) is 0 Å². The highest BCUT2D eigenvalue weighted by Gasteiger charge is 2.23.